The van der Waals surface area contributed by atoms with Crippen LogP contribution in [0.1, 0.15) is 47.0 Å². The molecule has 0 radical (unpaired) electrons. The Morgan fingerprint density at radius 3 is 2.15 bits per heavy atom. The third-order valence-electron chi connectivity index (χ3n) is 2.54. The van der Waals surface area contributed by atoms with Crippen molar-refractivity contribution in [2.24, 2.45) is 0 Å². The van der Waals surface area contributed by atoms with Gasteiger partial charge in [0.15, 0.2) is 0 Å². The maximum absolute atomic E-state index is 11.6. The summed E-state index contributed by atoms with van der Waals surface area (Å²) in [5.41, 5.74) is -0.460. The fourth-order valence-electron chi connectivity index (χ4n) is 1.41. The first-order valence-corrected chi connectivity index (χ1v) is 7.46. The van der Waals surface area contributed by atoms with Gasteiger partial charge in [0.05, 0.1) is 19.8 Å². The maximum atomic E-state index is 11.6. The van der Waals surface area contributed by atoms with Crippen LogP contribution in [0, 0.1) is 0 Å². The second-order valence-electron chi connectivity index (χ2n) is 5.83. The van der Waals surface area contributed by atoms with Gasteiger partial charge < -0.3 is 19.1 Å². The Morgan fingerprint density at radius 1 is 1.00 bits per heavy atom. The molecule has 0 aromatic rings. The van der Waals surface area contributed by atoms with E-state index in [9.17, 15) is 4.79 Å². The highest BCUT2D eigenvalue weighted by molar-refractivity contribution is 5.67. The van der Waals surface area contributed by atoms with Gasteiger partial charge in [-0.3, -0.25) is 0 Å². The molecule has 0 N–H and O–H groups in total. The van der Waals surface area contributed by atoms with Gasteiger partial charge in [0.25, 0.3) is 0 Å². The van der Waals surface area contributed by atoms with E-state index in [-0.39, 0.29) is 6.09 Å². The second-order valence-corrected chi connectivity index (χ2v) is 5.83. The van der Waals surface area contributed by atoms with E-state index in [1.54, 1.807) is 7.05 Å². The van der Waals surface area contributed by atoms with Gasteiger partial charge in [-0.05, 0) is 27.2 Å². The number of carbonyl (C=O) groups excluding carboxylic acids is 1. The van der Waals surface area contributed by atoms with Crippen LogP contribution >= 0.6 is 0 Å². The minimum absolute atomic E-state index is 0.322. The molecule has 0 spiro atoms. The molecule has 20 heavy (non-hydrogen) atoms. The smallest absolute Gasteiger partial charge is 0.410 e. The zero-order chi connectivity index (χ0) is 15.4. The zero-order valence-electron chi connectivity index (χ0n) is 13.7. The minimum atomic E-state index is -0.460. The fraction of sp³-hybridized carbons (Fsp3) is 0.933. The average molecular weight is 289 g/mol. The van der Waals surface area contributed by atoms with Crippen molar-refractivity contribution < 1.29 is 19.0 Å². The summed E-state index contributed by atoms with van der Waals surface area (Å²) in [6.45, 7) is 10.7. The summed E-state index contributed by atoms with van der Waals surface area (Å²) >= 11 is 0. The summed E-state index contributed by atoms with van der Waals surface area (Å²) in [5, 5.41) is 0. The summed E-state index contributed by atoms with van der Waals surface area (Å²) in [4.78, 5) is 13.2. The Hall–Kier alpha value is -0.810. The molecule has 0 aromatic carbocycles. The van der Waals surface area contributed by atoms with Crippen molar-refractivity contribution in [2.45, 2.75) is 52.6 Å². The molecule has 0 heterocycles. The molecule has 5 nitrogen and oxygen atoms in total. The Morgan fingerprint density at radius 2 is 1.60 bits per heavy atom. The summed E-state index contributed by atoms with van der Waals surface area (Å²) in [6, 6.07) is 0. The molecule has 0 fully saturated rings. The van der Waals surface area contributed by atoms with Crippen molar-refractivity contribution in [1.82, 2.24) is 4.90 Å². The normalized spacial score (nSPS) is 11.4. The second kappa shape index (κ2) is 10.9. The van der Waals surface area contributed by atoms with E-state index in [1.807, 2.05) is 20.8 Å². The Balaban J connectivity index is 3.44. The Labute approximate surface area is 123 Å². The summed E-state index contributed by atoms with van der Waals surface area (Å²) in [5.74, 6) is 0. The third-order valence-corrected chi connectivity index (χ3v) is 2.54. The summed E-state index contributed by atoms with van der Waals surface area (Å²) in [7, 11) is 1.71. The molecule has 0 atom stereocenters. The number of rotatable bonds is 10. The third kappa shape index (κ3) is 12.2. The summed E-state index contributed by atoms with van der Waals surface area (Å²) < 4.78 is 16.1. The molecular formula is C15H31NO4. The lowest BCUT2D eigenvalue weighted by molar-refractivity contribution is 0.0157. The number of hydrogen-bond donors (Lipinski definition) is 0. The van der Waals surface area contributed by atoms with Crippen molar-refractivity contribution in [3.63, 3.8) is 0 Å². The van der Waals surface area contributed by atoms with Crippen LogP contribution in [-0.4, -0.2) is 56.6 Å². The minimum Gasteiger partial charge on any atom is -0.444 e. The van der Waals surface area contributed by atoms with E-state index in [4.69, 9.17) is 14.2 Å². The molecule has 0 aromatic heterocycles. The van der Waals surface area contributed by atoms with Gasteiger partial charge in [-0.25, -0.2) is 4.79 Å². The predicted molar refractivity (Wildman–Crippen MR) is 80.0 cm³/mol. The lowest BCUT2D eigenvalue weighted by Crippen LogP contribution is -2.36. The Kier molecular flexibility index (Phi) is 10.5. The standard InChI is InChI=1S/C15H31NO4/c1-6-7-8-10-18-12-13-19-11-9-16(5)14(17)20-15(2,3)4/h6-13H2,1-5H3. The first-order chi connectivity index (χ1) is 9.37. The van der Waals surface area contributed by atoms with Gasteiger partial charge in [0.2, 0.25) is 0 Å². The van der Waals surface area contributed by atoms with Crippen molar-refractivity contribution >= 4 is 6.09 Å². The van der Waals surface area contributed by atoms with E-state index in [0.717, 1.165) is 13.0 Å². The number of likely N-dealkylation sites (N-methyl/N-ethyl adjacent to an activating group) is 1. The molecule has 0 unspecified atom stereocenters. The SMILES string of the molecule is CCCCCOCCOCCN(C)C(=O)OC(C)(C)C. The number of hydrogen-bond acceptors (Lipinski definition) is 4. The van der Waals surface area contributed by atoms with Gasteiger partial charge in [0.1, 0.15) is 5.60 Å². The van der Waals surface area contributed by atoms with Crippen LogP contribution in [0.2, 0.25) is 0 Å². The van der Waals surface area contributed by atoms with Crippen LogP contribution in [0.3, 0.4) is 0 Å². The molecule has 0 bridgehead atoms. The topological polar surface area (TPSA) is 48.0 Å². The highest BCUT2D eigenvalue weighted by Gasteiger charge is 2.19. The first-order valence-electron chi connectivity index (χ1n) is 7.46. The molecule has 0 aliphatic carbocycles. The monoisotopic (exact) mass is 289 g/mol. The van der Waals surface area contributed by atoms with E-state index in [2.05, 4.69) is 6.92 Å². The number of unbranched alkanes of at least 4 members (excludes halogenated alkanes) is 2. The highest BCUT2D eigenvalue weighted by atomic mass is 16.6. The van der Waals surface area contributed by atoms with Crippen molar-refractivity contribution in [1.29, 1.82) is 0 Å². The van der Waals surface area contributed by atoms with Crippen molar-refractivity contribution in [3.8, 4) is 0 Å². The van der Waals surface area contributed by atoms with Gasteiger partial charge in [0, 0.05) is 20.2 Å². The molecule has 0 rings (SSSR count). The van der Waals surface area contributed by atoms with Crippen molar-refractivity contribution in [2.75, 3.05) is 40.0 Å². The zero-order valence-corrected chi connectivity index (χ0v) is 13.7. The van der Waals surface area contributed by atoms with E-state index >= 15 is 0 Å². The number of amides is 1. The lowest BCUT2D eigenvalue weighted by Gasteiger charge is -2.24. The van der Waals surface area contributed by atoms with Crippen LogP contribution in [0.25, 0.3) is 0 Å². The van der Waals surface area contributed by atoms with E-state index in [0.29, 0.717) is 26.4 Å². The first kappa shape index (κ1) is 19.2. The Bertz CT molecular complexity index is 251. The highest BCUT2D eigenvalue weighted by Crippen LogP contribution is 2.08. The average Bonchev–Trinajstić information content (AvgIpc) is 2.34. The molecule has 0 aliphatic rings. The van der Waals surface area contributed by atoms with E-state index < -0.39 is 5.60 Å². The predicted octanol–water partition coefficient (Wildman–Crippen LogP) is 3.08. The van der Waals surface area contributed by atoms with Crippen LogP contribution in [-0.2, 0) is 14.2 Å². The largest absolute Gasteiger partial charge is 0.444 e. The number of carbonyl (C=O) groups is 1. The number of nitrogens with zero attached hydrogens (tertiary/aromatic N) is 1. The van der Waals surface area contributed by atoms with Crippen molar-refractivity contribution in [3.05, 3.63) is 0 Å². The molecule has 0 aliphatic heterocycles. The fourth-order valence-corrected chi connectivity index (χ4v) is 1.41. The van der Waals surface area contributed by atoms with Crippen LogP contribution < -0.4 is 0 Å². The molecule has 5 heteroatoms. The molecule has 0 saturated heterocycles. The van der Waals surface area contributed by atoms with Crippen LogP contribution in [0.4, 0.5) is 4.79 Å². The van der Waals surface area contributed by atoms with Gasteiger partial charge in [-0.2, -0.15) is 0 Å². The quantitative estimate of drug-likeness (QED) is 0.580. The van der Waals surface area contributed by atoms with Gasteiger partial charge in [-0.15, -0.1) is 0 Å². The summed E-state index contributed by atoms with van der Waals surface area (Å²) in [6.07, 6.45) is 3.20. The van der Waals surface area contributed by atoms with Gasteiger partial charge >= 0.3 is 6.09 Å². The van der Waals surface area contributed by atoms with Crippen LogP contribution in [0.5, 0.6) is 0 Å². The van der Waals surface area contributed by atoms with Crippen LogP contribution in [0.15, 0.2) is 0 Å². The molecular weight excluding hydrogens is 258 g/mol. The molecule has 120 valence electrons. The molecule has 0 saturated carbocycles. The van der Waals surface area contributed by atoms with E-state index in [1.165, 1.54) is 17.7 Å². The molecule has 1 amide bonds. The van der Waals surface area contributed by atoms with Gasteiger partial charge in [-0.1, -0.05) is 19.8 Å². The lowest BCUT2D eigenvalue weighted by atomic mass is 10.2. The maximum Gasteiger partial charge on any atom is 0.410 e. The number of ether oxygens (including phenoxy) is 3.